The third kappa shape index (κ3) is 6.80. The maximum atomic E-state index is 13.1. The van der Waals surface area contributed by atoms with Crippen LogP contribution in [0.15, 0.2) is 53.7 Å². The molecule has 0 aliphatic carbocycles. The first-order chi connectivity index (χ1) is 16.0. The fraction of sp³-hybridized carbons (Fsp3) is 0.500. The molecule has 0 N–H and O–H groups in total. The van der Waals surface area contributed by atoms with Crippen LogP contribution in [0.5, 0.6) is 0 Å². The summed E-state index contributed by atoms with van der Waals surface area (Å²) in [6.07, 6.45) is 3.86. The lowest BCUT2D eigenvalue weighted by atomic mass is 10.2. The maximum Gasteiger partial charge on any atom is 0.410 e. The van der Waals surface area contributed by atoms with Gasteiger partial charge in [0.2, 0.25) is 0 Å². The van der Waals surface area contributed by atoms with Gasteiger partial charge in [0, 0.05) is 47.8 Å². The number of nitro groups is 1. The van der Waals surface area contributed by atoms with E-state index in [1.807, 2.05) is 12.1 Å². The number of likely N-dealkylation sites (tertiary alicyclic amines) is 1. The predicted octanol–water partition coefficient (Wildman–Crippen LogP) is 5.88. The van der Waals surface area contributed by atoms with Crippen LogP contribution in [0.1, 0.15) is 32.8 Å². The fourth-order valence-electron chi connectivity index (χ4n) is 3.50. The van der Waals surface area contributed by atoms with E-state index in [4.69, 9.17) is 9.16 Å². The van der Waals surface area contributed by atoms with Crippen LogP contribution in [-0.4, -0.2) is 53.7 Å². The molecule has 2 atom stereocenters. The lowest BCUT2D eigenvalue weighted by Crippen LogP contribution is -2.44. The van der Waals surface area contributed by atoms with Crippen LogP contribution in [0, 0.1) is 10.1 Å². The summed E-state index contributed by atoms with van der Waals surface area (Å²) >= 11 is 1.69. The van der Waals surface area contributed by atoms with E-state index in [9.17, 15) is 14.9 Å². The minimum absolute atomic E-state index is 0.00782. The highest BCUT2D eigenvalue weighted by Crippen LogP contribution is 2.39. The van der Waals surface area contributed by atoms with Crippen molar-refractivity contribution in [2.45, 2.75) is 69.0 Å². The third-order valence-corrected chi connectivity index (χ3v) is 12.2. The van der Waals surface area contributed by atoms with Crippen molar-refractivity contribution in [3.05, 3.63) is 64.5 Å². The van der Waals surface area contributed by atoms with E-state index in [0.717, 1.165) is 17.1 Å². The van der Waals surface area contributed by atoms with Crippen LogP contribution in [0.2, 0.25) is 18.1 Å². The Hall–Kier alpha value is -2.43. The Bertz CT molecular complexity index is 982. The molecule has 1 aliphatic rings. The highest BCUT2D eigenvalue weighted by Gasteiger charge is 2.44. The zero-order valence-corrected chi connectivity index (χ0v) is 22.2. The van der Waals surface area contributed by atoms with Gasteiger partial charge in [-0.3, -0.25) is 15.1 Å². The number of rotatable bonds is 8. The van der Waals surface area contributed by atoms with Crippen LogP contribution in [0.25, 0.3) is 0 Å². The van der Waals surface area contributed by atoms with E-state index in [-0.39, 0.29) is 35.6 Å². The number of nitrogens with zero attached hydrogens (tertiary/aromatic N) is 3. The Morgan fingerprint density at radius 2 is 1.85 bits per heavy atom. The minimum atomic E-state index is -1.99. The van der Waals surface area contributed by atoms with Gasteiger partial charge in [-0.1, -0.05) is 20.8 Å². The Balaban J connectivity index is 1.66. The second-order valence-corrected chi connectivity index (χ2v) is 15.9. The normalized spacial score (nSPS) is 18.7. The van der Waals surface area contributed by atoms with Crippen LogP contribution in [-0.2, 0) is 15.8 Å². The molecule has 2 heterocycles. The van der Waals surface area contributed by atoms with E-state index < -0.39 is 13.2 Å². The average Bonchev–Trinajstić information content (AvgIpc) is 3.18. The number of carbonyl (C=O) groups excluding carboxylic acids is 1. The van der Waals surface area contributed by atoms with Crippen molar-refractivity contribution in [3.63, 3.8) is 0 Å². The monoisotopic (exact) mass is 503 g/mol. The molecular weight excluding hydrogens is 470 g/mol. The maximum absolute atomic E-state index is 13.1. The lowest BCUT2D eigenvalue weighted by molar-refractivity contribution is -0.384. The third-order valence-electron chi connectivity index (χ3n) is 6.48. The number of ether oxygens (including phenoxy) is 1. The number of benzene rings is 1. The summed E-state index contributed by atoms with van der Waals surface area (Å²) in [6, 6.07) is 9.94. The van der Waals surface area contributed by atoms with Gasteiger partial charge in [-0.15, -0.1) is 11.8 Å². The summed E-state index contributed by atoms with van der Waals surface area (Å²) in [6.45, 7) is 11.6. The molecule has 0 bridgehead atoms. The SMILES string of the molecule is CC(C)(C)[Si](C)(C)OC1CC(CSc2ccncc2)N(C(=O)OCc2ccc([N+](=O)[O-])cc2)C1. The minimum Gasteiger partial charge on any atom is -0.445 e. The smallest absolute Gasteiger partial charge is 0.410 e. The van der Waals surface area contributed by atoms with Gasteiger partial charge in [-0.2, -0.15) is 0 Å². The number of pyridine rings is 1. The van der Waals surface area contributed by atoms with Crippen LogP contribution in [0.4, 0.5) is 10.5 Å². The molecule has 0 saturated carbocycles. The van der Waals surface area contributed by atoms with Crippen molar-refractivity contribution >= 4 is 31.9 Å². The summed E-state index contributed by atoms with van der Waals surface area (Å²) in [5.41, 5.74) is 0.711. The number of non-ortho nitro benzene ring substituents is 1. The van der Waals surface area contributed by atoms with Gasteiger partial charge in [0.25, 0.3) is 5.69 Å². The number of amides is 1. The standard InChI is InChI=1S/C24H33N3O5SSi/c1-24(2,3)34(4,5)32-21-14-20(17-33-22-10-12-25-13-11-22)26(15-21)23(28)31-16-18-6-8-19(9-7-18)27(29)30/h6-13,20-21H,14-17H2,1-5H3. The topological polar surface area (TPSA) is 94.8 Å². The summed E-state index contributed by atoms with van der Waals surface area (Å²) in [5.74, 6) is 0.730. The van der Waals surface area contributed by atoms with Crippen LogP contribution in [0.3, 0.4) is 0 Å². The van der Waals surface area contributed by atoms with Crippen molar-refractivity contribution < 1.29 is 18.9 Å². The molecule has 0 spiro atoms. The van der Waals surface area contributed by atoms with Gasteiger partial charge in [-0.25, -0.2) is 4.79 Å². The summed E-state index contributed by atoms with van der Waals surface area (Å²) in [7, 11) is -1.99. The first kappa shape index (κ1) is 26.2. The Morgan fingerprint density at radius 1 is 1.21 bits per heavy atom. The molecule has 1 fully saturated rings. The first-order valence-electron chi connectivity index (χ1n) is 11.3. The van der Waals surface area contributed by atoms with Gasteiger partial charge >= 0.3 is 6.09 Å². The number of hydrogen-bond acceptors (Lipinski definition) is 7. The molecule has 1 aromatic carbocycles. The first-order valence-corrected chi connectivity index (χ1v) is 15.2. The van der Waals surface area contributed by atoms with Crippen molar-refractivity contribution in [2.24, 2.45) is 0 Å². The Morgan fingerprint density at radius 3 is 2.44 bits per heavy atom. The van der Waals surface area contributed by atoms with Gasteiger partial charge in [0.05, 0.1) is 11.0 Å². The van der Waals surface area contributed by atoms with Crippen molar-refractivity contribution in [2.75, 3.05) is 12.3 Å². The second-order valence-electron chi connectivity index (χ2n) is 10.0. The van der Waals surface area contributed by atoms with E-state index in [0.29, 0.717) is 12.1 Å². The zero-order valence-electron chi connectivity index (χ0n) is 20.4. The summed E-state index contributed by atoms with van der Waals surface area (Å²) in [5, 5.41) is 10.9. The van der Waals surface area contributed by atoms with Crippen molar-refractivity contribution in [1.29, 1.82) is 0 Å². The summed E-state index contributed by atoms with van der Waals surface area (Å²) in [4.78, 5) is 30.4. The molecule has 8 nitrogen and oxygen atoms in total. The van der Waals surface area contributed by atoms with E-state index in [1.54, 1.807) is 41.2 Å². The Kier molecular flexibility index (Phi) is 8.37. The molecule has 0 radical (unpaired) electrons. The summed E-state index contributed by atoms with van der Waals surface area (Å²) < 4.78 is 12.2. The molecule has 184 valence electrons. The molecule has 1 saturated heterocycles. The number of thioether (sulfide) groups is 1. The molecular formula is C24H33N3O5SSi. The van der Waals surface area contributed by atoms with Gasteiger partial charge in [0.1, 0.15) is 6.61 Å². The number of aromatic nitrogens is 1. The van der Waals surface area contributed by atoms with E-state index in [1.165, 1.54) is 12.1 Å². The molecule has 2 aromatic rings. The highest BCUT2D eigenvalue weighted by atomic mass is 32.2. The zero-order chi connectivity index (χ0) is 24.9. The molecule has 3 rings (SSSR count). The quantitative estimate of drug-likeness (QED) is 0.192. The van der Waals surface area contributed by atoms with E-state index in [2.05, 4.69) is 38.8 Å². The van der Waals surface area contributed by atoms with Crippen molar-refractivity contribution in [3.8, 4) is 0 Å². The van der Waals surface area contributed by atoms with E-state index >= 15 is 0 Å². The van der Waals surface area contributed by atoms with Gasteiger partial charge in [-0.05, 0) is 54.4 Å². The van der Waals surface area contributed by atoms with Gasteiger partial charge in [0.15, 0.2) is 8.32 Å². The Labute approximate surface area is 206 Å². The number of carbonyl (C=O) groups is 1. The molecule has 1 amide bonds. The van der Waals surface area contributed by atoms with Gasteiger partial charge < -0.3 is 14.1 Å². The molecule has 10 heteroatoms. The van der Waals surface area contributed by atoms with Crippen LogP contribution >= 0.6 is 11.8 Å². The molecule has 2 unspecified atom stereocenters. The molecule has 1 aliphatic heterocycles. The molecule has 34 heavy (non-hydrogen) atoms. The fourth-order valence-corrected chi connectivity index (χ4v) is 5.88. The largest absolute Gasteiger partial charge is 0.445 e. The number of nitro benzene ring substituents is 1. The molecule has 1 aromatic heterocycles. The van der Waals surface area contributed by atoms with Crippen molar-refractivity contribution in [1.82, 2.24) is 9.88 Å². The average molecular weight is 504 g/mol. The van der Waals surface area contributed by atoms with Crippen LogP contribution < -0.4 is 0 Å². The highest BCUT2D eigenvalue weighted by molar-refractivity contribution is 7.99. The lowest BCUT2D eigenvalue weighted by Gasteiger charge is -2.38. The second kappa shape index (κ2) is 10.9. The predicted molar refractivity (Wildman–Crippen MR) is 135 cm³/mol. The number of hydrogen-bond donors (Lipinski definition) is 0.